The maximum absolute atomic E-state index is 13.5. The van der Waals surface area contributed by atoms with Gasteiger partial charge in [-0.25, -0.2) is 0 Å². The first-order valence-corrected chi connectivity index (χ1v) is 11.9. The molecule has 2 aromatic carbocycles. The van der Waals surface area contributed by atoms with E-state index in [0.717, 1.165) is 22.5 Å². The Morgan fingerprint density at radius 2 is 0.946 bits per heavy atom. The predicted octanol–water partition coefficient (Wildman–Crippen LogP) is 7.46. The number of rotatable bonds is 7. The molecule has 0 fully saturated rings. The Balaban J connectivity index is 1.40. The van der Waals surface area contributed by atoms with Crippen molar-refractivity contribution in [3.8, 4) is 11.4 Å². The molecule has 3 aromatic heterocycles. The Hall–Kier alpha value is -4.58. The minimum atomic E-state index is -4.35. The van der Waals surface area contributed by atoms with Crippen molar-refractivity contribution in [1.82, 2.24) is 9.13 Å². The number of nitrogens with zero attached hydrogens (tertiary/aromatic N) is 3. The van der Waals surface area contributed by atoms with Gasteiger partial charge in [-0.3, -0.25) is 0 Å². The molecule has 0 aliphatic heterocycles. The van der Waals surface area contributed by atoms with Crippen LogP contribution in [0.15, 0.2) is 116 Å². The summed E-state index contributed by atoms with van der Waals surface area (Å²) in [6.45, 7) is -1.08. The summed E-state index contributed by atoms with van der Waals surface area (Å²) in [5.74, 6) is 0. The summed E-state index contributed by atoms with van der Waals surface area (Å²) < 4.78 is 45.8. The molecule has 0 saturated heterocycles. The highest BCUT2D eigenvalue weighted by molar-refractivity contribution is 5.70. The van der Waals surface area contributed by atoms with Crippen molar-refractivity contribution in [2.24, 2.45) is 0 Å². The summed E-state index contributed by atoms with van der Waals surface area (Å²) in [6, 6.07) is 28.7. The molecule has 0 bridgehead atoms. The zero-order valence-electron chi connectivity index (χ0n) is 20.0. The first kappa shape index (κ1) is 24.1. The zero-order valence-corrected chi connectivity index (χ0v) is 20.0. The average molecular weight is 497 g/mol. The van der Waals surface area contributed by atoms with Gasteiger partial charge in [-0.2, -0.15) is 17.7 Å². The van der Waals surface area contributed by atoms with Crippen LogP contribution >= 0.6 is 0 Å². The summed E-state index contributed by atoms with van der Waals surface area (Å²) in [5.41, 5.74) is 4.77. The van der Waals surface area contributed by atoms with Crippen molar-refractivity contribution >= 4 is 24.3 Å². The molecule has 0 unspecified atom stereocenters. The fourth-order valence-electron chi connectivity index (χ4n) is 4.12. The molecule has 0 spiro atoms. The van der Waals surface area contributed by atoms with Gasteiger partial charge in [-0.1, -0.05) is 24.3 Å². The smallest absolute Gasteiger partial charge is 0.324 e. The van der Waals surface area contributed by atoms with E-state index in [0.29, 0.717) is 11.4 Å². The van der Waals surface area contributed by atoms with Gasteiger partial charge in [0, 0.05) is 60.4 Å². The summed E-state index contributed by atoms with van der Waals surface area (Å²) in [4.78, 5) is 0. The fraction of sp³-hybridized carbons (Fsp3) is 0.0645. The van der Waals surface area contributed by atoms with Gasteiger partial charge in [-0.05, 0) is 77.9 Å². The lowest BCUT2D eigenvalue weighted by molar-refractivity contribution is -0.722. The van der Waals surface area contributed by atoms with Crippen LogP contribution in [0.2, 0.25) is 0 Å². The predicted molar refractivity (Wildman–Crippen MR) is 142 cm³/mol. The third-order valence-corrected chi connectivity index (χ3v) is 5.98. The highest BCUT2D eigenvalue weighted by Gasteiger charge is 2.35. The molecular weight excluding hydrogens is 471 g/mol. The first-order valence-electron chi connectivity index (χ1n) is 11.9. The van der Waals surface area contributed by atoms with Crippen LogP contribution in [0.1, 0.15) is 22.5 Å². The maximum Gasteiger partial charge on any atom is 0.448 e. The van der Waals surface area contributed by atoms with Crippen molar-refractivity contribution < 1.29 is 17.7 Å². The van der Waals surface area contributed by atoms with E-state index in [-0.39, 0.29) is 0 Å². The Kier molecular flexibility index (Phi) is 6.90. The number of aromatic nitrogens is 3. The van der Waals surface area contributed by atoms with Gasteiger partial charge in [0.15, 0.2) is 0 Å². The second-order valence-corrected chi connectivity index (χ2v) is 8.61. The quantitative estimate of drug-likeness (QED) is 0.208. The van der Waals surface area contributed by atoms with E-state index in [2.05, 4.69) is 0 Å². The minimum absolute atomic E-state index is 0.469. The molecule has 3 heterocycles. The average Bonchev–Trinajstić information content (AvgIpc) is 3.62. The van der Waals surface area contributed by atoms with Gasteiger partial charge in [0.2, 0.25) is 17.9 Å². The molecule has 0 radical (unpaired) electrons. The number of hydrogen-bond acceptors (Lipinski definition) is 0. The Morgan fingerprint density at radius 1 is 0.541 bits per heavy atom. The molecule has 3 nitrogen and oxygen atoms in total. The molecule has 0 aliphatic rings. The summed E-state index contributed by atoms with van der Waals surface area (Å²) >= 11 is 0. The molecule has 6 heteroatoms. The third-order valence-electron chi connectivity index (χ3n) is 5.98. The van der Waals surface area contributed by atoms with E-state index in [9.17, 15) is 13.2 Å². The number of halogens is 3. The summed E-state index contributed by atoms with van der Waals surface area (Å²) in [7, 11) is 0. The van der Waals surface area contributed by atoms with Gasteiger partial charge in [0.25, 0.3) is 0 Å². The van der Waals surface area contributed by atoms with E-state index in [1.54, 1.807) is 30.4 Å². The molecule has 0 atom stereocenters. The third kappa shape index (κ3) is 6.16. The second-order valence-electron chi connectivity index (χ2n) is 8.61. The zero-order chi connectivity index (χ0) is 25.7. The molecule has 0 N–H and O–H groups in total. The Bertz CT molecular complexity index is 1390. The van der Waals surface area contributed by atoms with Crippen LogP contribution in [-0.4, -0.2) is 15.3 Å². The Labute approximate surface area is 213 Å². The number of hydrogen-bond donors (Lipinski definition) is 0. The summed E-state index contributed by atoms with van der Waals surface area (Å²) in [6.07, 6.45) is 10.6. The van der Waals surface area contributed by atoms with Crippen LogP contribution in [-0.2, 0) is 6.54 Å². The normalized spacial score (nSPS) is 12.1. The molecule has 0 saturated carbocycles. The van der Waals surface area contributed by atoms with E-state index in [1.165, 1.54) is 4.57 Å². The fourth-order valence-corrected chi connectivity index (χ4v) is 4.12. The van der Waals surface area contributed by atoms with E-state index >= 15 is 0 Å². The van der Waals surface area contributed by atoms with Crippen LogP contribution in [0.4, 0.5) is 13.2 Å². The molecule has 5 aromatic rings. The standard InChI is InChI=1S/C31H25F3N3/c32-31(33,34)24-37-29(18-12-25-8-14-27(15-9-25)35-20-1-2-21-35)6-5-7-30(37)19-13-26-10-16-28(17-11-26)36-22-3-4-23-36/h1-23H,24H2/q+1. The Morgan fingerprint density at radius 3 is 1.32 bits per heavy atom. The van der Waals surface area contributed by atoms with Crippen LogP contribution in [0, 0.1) is 0 Å². The van der Waals surface area contributed by atoms with Crippen LogP contribution in [0.3, 0.4) is 0 Å². The van der Waals surface area contributed by atoms with Crippen LogP contribution in [0.25, 0.3) is 35.7 Å². The van der Waals surface area contributed by atoms with Gasteiger partial charge in [0.05, 0.1) is 0 Å². The lowest BCUT2D eigenvalue weighted by Gasteiger charge is -2.08. The van der Waals surface area contributed by atoms with Crippen molar-refractivity contribution in [2.45, 2.75) is 12.7 Å². The SMILES string of the molecule is FC(F)(F)C[n+]1c(/C=C/c2ccc(-n3cccc3)cc2)cccc1/C=C/c1ccc(-n2cccc2)cc1. The first-order chi connectivity index (χ1) is 17.9. The van der Waals surface area contributed by atoms with Crippen molar-refractivity contribution in [3.63, 3.8) is 0 Å². The van der Waals surface area contributed by atoms with Gasteiger partial charge in [0.1, 0.15) is 0 Å². The van der Waals surface area contributed by atoms with Crippen molar-refractivity contribution in [2.75, 3.05) is 0 Å². The van der Waals surface area contributed by atoms with Gasteiger partial charge in [-0.15, -0.1) is 0 Å². The second kappa shape index (κ2) is 10.6. The van der Waals surface area contributed by atoms with E-state index < -0.39 is 12.7 Å². The molecule has 37 heavy (non-hydrogen) atoms. The lowest BCUT2D eigenvalue weighted by atomic mass is 10.1. The van der Waals surface area contributed by atoms with E-state index in [1.807, 2.05) is 119 Å². The van der Waals surface area contributed by atoms with Gasteiger partial charge < -0.3 is 9.13 Å². The number of pyridine rings is 1. The van der Waals surface area contributed by atoms with Gasteiger partial charge >= 0.3 is 6.18 Å². The lowest BCUT2D eigenvalue weighted by Crippen LogP contribution is -2.46. The molecule has 184 valence electrons. The van der Waals surface area contributed by atoms with Crippen molar-refractivity contribution in [3.05, 3.63) is 138 Å². The van der Waals surface area contributed by atoms with Crippen molar-refractivity contribution in [1.29, 1.82) is 0 Å². The number of benzene rings is 2. The van der Waals surface area contributed by atoms with Crippen LogP contribution < -0.4 is 4.57 Å². The topological polar surface area (TPSA) is 13.7 Å². The molecule has 0 amide bonds. The highest BCUT2D eigenvalue weighted by Crippen LogP contribution is 2.18. The number of alkyl halides is 3. The minimum Gasteiger partial charge on any atom is -0.324 e. The molecule has 5 rings (SSSR count). The monoisotopic (exact) mass is 496 g/mol. The van der Waals surface area contributed by atoms with E-state index in [4.69, 9.17) is 0 Å². The molecule has 0 aliphatic carbocycles. The molecular formula is C31H25F3N3+. The summed E-state index contributed by atoms with van der Waals surface area (Å²) in [5, 5.41) is 0. The highest BCUT2D eigenvalue weighted by atomic mass is 19.4. The largest absolute Gasteiger partial charge is 0.448 e. The maximum atomic E-state index is 13.5. The van der Waals surface area contributed by atoms with Crippen LogP contribution in [0.5, 0.6) is 0 Å².